The van der Waals surface area contributed by atoms with Crippen molar-refractivity contribution in [3.8, 4) is 0 Å². The summed E-state index contributed by atoms with van der Waals surface area (Å²) < 4.78 is 0. The van der Waals surface area contributed by atoms with Crippen molar-refractivity contribution in [2.45, 2.75) is 19.8 Å². The Kier molecular flexibility index (Phi) is 8.89. The van der Waals surface area contributed by atoms with E-state index in [2.05, 4.69) is 33.8 Å². The van der Waals surface area contributed by atoms with E-state index in [1.54, 1.807) is 0 Å². The van der Waals surface area contributed by atoms with Crippen LogP contribution in [-0.2, 0) is 6.42 Å². The molecule has 19 heavy (non-hydrogen) atoms. The first kappa shape index (κ1) is 15.8. The van der Waals surface area contributed by atoms with Crippen LogP contribution >= 0.6 is 11.8 Å². The van der Waals surface area contributed by atoms with Gasteiger partial charge in [-0.3, -0.25) is 9.98 Å². The molecule has 0 radical (unpaired) electrons. The molecule has 1 aromatic heterocycles. The lowest BCUT2D eigenvalue weighted by atomic mass is 10.3. The number of pyridine rings is 1. The Labute approximate surface area is 120 Å². The number of aliphatic imine (C=N–C) groups is 1. The highest BCUT2D eigenvalue weighted by Gasteiger charge is 1.97. The molecule has 0 aromatic carbocycles. The number of thioether (sulfide) groups is 1. The molecule has 0 saturated heterocycles. The third-order valence-corrected chi connectivity index (χ3v) is 3.22. The molecule has 1 aromatic rings. The lowest BCUT2D eigenvalue weighted by molar-refractivity contribution is 0.784. The zero-order valence-corrected chi connectivity index (χ0v) is 12.7. The number of rotatable bonds is 8. The van der Waals surface area contributed by atoms with Crippen LogP contribution in [0.4, 0.5) is 0 Å². The molecule has 106 valence electrons. The molecule has 1 rings (SSSR count). The van der Waals surface area contributed by atoms with Crippen LogP contribution in [0, 0.1) is 0 Å². The Bertz CT molecular complexity index is 354. The van der Waals surface area contributed by atoms with Crippen LogP contribution in [0.1, 0.15) is 19.0 Å². The van der Waals surface area contributed by atoms with Gasteiger partial charge in [0.05, 0.1) is 0 Å². The van der Waals surface area contributed by atoms with Gasteiger partial charge in [0.2, 0.25) is 0 Å². The Hall–Kier alpha value is -1.23. The van der Waals surface area contributed by atoms with Gasteiger partial charge < -0.3 is 10.6 Å². The van der Waals surface area contributed by atoms with E-state index in [0.29, 0.717) is 0 Å². The maximum Gasteiger partial charge on any atom is 0.191 e. The molecule has 0 unspecified atom stereocenters. The van der Waals surface area contributed by atoms with Gasteiger partial charge in [-0.1, -0.05) is 6.07 Å². The lowest BCUT2D eigenvalue weighted by Crippen LogP contribution is -2.38. The van der Waals surface area contributed by atoms with Crippen LogP contribution in [0.15, 0.2) is 29.4 Å². The number of guanidine groups is 1. The molecule has 0 spiro atoms. The van der Waals surface area contributed by atoms with Crippen LogP contribution in [-0.4, -0.2) is 42.6 Å². The zero-order valence-electron chi connectivity index (χ0n) is 11.9. The molecular weight excluding hydrogens is 256 g/mol. The smallest absolute Gasteiger partial charge is 0.191 e. The molecule has 2 N–H and O–H groups in total. The maximum absolute atomic E-state index is 4.54. The SMILES string of the molecule is CCNC(=NCCCSC)NCCc1ccccn1. The van der Waals surface area contributed by atoms with Gasteiger partial charge in [0.1, 0.15) is 0 Å². The highest BCUT2D eigenvalue weighted by molar-refractivity contribution is 7.98. The molecule has 0 aliphatic carbocycles. The number of hydrogen-bond donors (Lipinski definition) is 2. The van der Waals surface area contributed by atoms with Crippen molar-refractivity contribution in [1.29, 1.82) is 0 Å². The monoisotopic (exact) mass is 280 g/mol. The van der Waals surface area contributed by atoms with Crippen molar-refractivity contribution in [3.63, 3.8) is 0 Å². The standard InChI is InChI=1S/C14H24N4S/c1-3-15-14(17-10-6-12-19-2)18-11-8-13-7-4-5-9-16-13/h4-5,7,9H,3,6,8,10-12H2,1-2H3,(H2,15,17,18). The quantitative estimate of drug-likeness (QED) is 0.434. The summed E-state index contributed by atoms with van der Waals surface area (Å²) in [7, 11) is 0. The summed E-state index contributed by atoms with van der Waals surface area (Å²) >= 11 is 1.86. The third kappa shape index (κ3) is 7.72. The van der Waals surface area contributed by atoms with E-state index in [9.17, 15) is 0 Å². The van der Waals surface area contributed by atoms with Gasteiger partial charge in [0, 0.05) is 37.9 Å². The topological polar surface area (TPSA) is 49.3 Å². The minimum absolute atomic E-state index is 0.853. The van der Waals surface area contributed by atoms with Crippen molar-refractivity contribution < 1.29 is 0 Å². The fourth-order valence-electron chi connectivity index (χ4n) is 1.60. The highest BCUT2D eigenvalue weighted by atomic mass is 32.2. The molecule has 4 nitrogen and oxygen atoms in total. The molecule has 1 heterocycles. The van der Waals surface area contributed by atoms with E-state index in [1.807, 2.05) is 36.2 Å². The summed E-state index contributed by atoms with van der Waals surface area (Å²) in [6, 6.07) is 6.00. The van der Waals surface area contributed by atoms with Crippen LogP contribution < -0.4 is 10.6 Å². The predicted molar refractivity (Wildman–Crippen MR) is 84.9 cm³/mol. The minimum Gasteiger partial charge on any atom is -0.357 e. The van der Waals surface area contributed by atoms with Gasteiger partial charge in [-0.15, -0.1) is 0 Å². The van der Waals surface area contributed by atoms with Crippen molar-refractivity contribution in [3.05, 3.63) is 30.1 Å². The number of hydrogen-bond acceptors (Lipinski definition) is 3. The zero-order chi connectivity index (χ0) is 13.8. The number of nitrogens with one attached hydrogen (secondary N) is 2. The Morgan fingerprint density at radius 2 is 2.26 bits per heavy atom. The van der Waals surface area contributed by atoms with Crippen LogP contribution in [0.3, 0.4) is 0 Å². The summed E-state index contributed by atoms with van der Waals surface area (Å²) in [6.07, 6.45) is 5.99. The molecule has 5 heteroatoms. The first-order chi connectivity index (χ1) is 9.36. The van der Waals surface area contributed by atoms with E-state index in [-0.39, 0.29) is 0 Å². The number of nitrogens with zero attached hydrogens (tertiary/aromatic N) is 2. The summed E-state index contributed by atoms with van der Waals surface area (Å²) in [5, 5.41) is 6.60. The second-order valence-electron chi connectivity index (χ2n) is 4.10. The Balaban J connectivity index is 2.28. The number of aromatic nitrogens is 1. The van der Waals surface area contributed by atoms with Crippen molar-refractivity contribution in [1.82, 2.24) is 15.6 Å². The van der Waals surface area contributed by atoms with Gasteiger partial charge in [0.15, 0.2) is 5.96 Å². The maximum atomic E-state index is 4.54. The summed E-state index contributed by atoms with van der Waals surface area (Å²) in [4.78, 5) is 8.85. The fourth-order valence-corrected chi connectivity index (χ4v) is 2.01. The van der Waals surface area contributed by atoms with E-state index in [0.717, 1.165) is 49.9 Å². The van der Waals surface area contributed by atoms with E-state index < -0.39 is 0 Å². The van der Waals surface area contributed by atoms with Crippen LogP contribution in [0.2, 0.25) is 0 Å². The molecule has 0 fully saturated rings. The first-order valence-corrected chi connectivity index (χ1v) is 8.17. The lowest BCUT2D eigenvalue weighted by Gasteiger charge is -2.10. The average Bonchev–Trinajstić information content (AvgIpc) is 2.44. The Morgan fingerprint density at radius 1 is 1.37 bits per heavy atom. The van der Waals surface area contributed by atoms with Gasteiger partial charge in [-0.05, 0) is 37.5 Å². The van der Waals surface area contributed by atoms with Gasteiger partial charge in [0.25, 0.3) is 0 Å². The predicted octanol–water partition coefficient (Wildman–Crippen LogP) is 1.93. The average molecular weight is 280 g/mol. The summed E-state index contributed by atoms with van der Waals surface area (Å²) in [6.45, 7) is 4.70. The van der Waals surface area contributed by atoms with Gasteiger partial charge >= 0.3 is 0 Å². The largest absolute Gasteiger partial charge is 0.357 e. The van der Waals surface area contributed by atoms with E-state index in [1.165, 1.54) is 0 Å². The van der Waals surface area contributed by atoms with Crippen molar-refractivity contribution in [2.24, 2.45) is 4.99 Å². The second kappa shape index (κ2) is 10.7. The minimum atomic E-state index is 0.853. The van der Waals surface area contributed by atoms with E-state index >= 15 is 0 Å². The summed E-state index contributed by atoms with van der Waals surface area (Å²) in [5.41, 5.74) is 1.10. The molecule has 0 amide bonds. The second-order valence-corrected chi connectivity index (χ2v) is 5.09. The molecule has 0 saturated carbocycles. The highest BCUT2D eigenvalue weighted by Crippen LogP contribution is 1.95. The molecule has 0 bridgehead atoms. The fraction of sp³-hybridized carbons (Fsp3) is 0.571. The third-order valence-electron chi connectivity index (χ3n) is 2.52. The van der Waals surface area contributed by atoms with Gasteiger partial charge in [-0.2, -0.15) is 11.8 Å². The Morgan fingerprint density at radius 3 is 2.95 bits per heavy atom. The van der Waals surface area contributed by atoms with Crippen LogP contribution in [0.5, 0.6) is 0 Å². The van der Waals surface area contributed by atoms with Crippen LogP contribution in [0.25, 0.3) is 0 Å². The molecule has 0 aliphatic rings. The van der Waals surface area contributed by atoms with Crippen molar-refractivity contribution in [2.75, 3.05) is 31.6 Å². The first-order valence-electron chi connectivity index (χ1n) is 6.78. The van der Waals surface area contributed by atoms with Gasteiger partial charge in [-0.25, -0.2) is 0 Å². The molecule has 0 atom stereocenters. The van der Waals surface area contributed by atoms with E-state index in [4.69, 9.17) is 0 Å². The summed E-state index contributed by atoms with van der Waals surface area (Å²) in [5.74, 6) is 2.07. The normalized spacial score (nSPS) is 11.4. The van der Waals surface area contributed by atoms with Crippen molar-refractivity contribution >= 4 is 17.7 Å². The molecular formula is C14H24N4S. The molecule has 0 aliphatic heterocycles.